The van der Waals surface area contributed by atoms with Gasteiger partial charge in [-0.1, -0.05) is 38.1 Å². The molecule has 1 aliphatic heterocycles. The van der Waals surface area contributed by atoms with E-state index < -0.39 is 0 Å². The molecule has 19 heavy (non-hydrogen) atoms. The van der Waals surface area contributed by atoms with Crippen molar-refractivity contribution < 1.29 is 0 Å². The third kappa shape index (κ3) is 4.32. The number of nitrogens with zero attached hydrogens (tertiary/aromatic N) is 1. The molecule has 0 saturated carbocycles. The van der Waals surface area contributed by atoms with Gasteiger partial charge in [-0.3, -0.25) is 0 Å². The molecule has 0 spiro atoms. The van der Waals surface area contributed by atoms with Gasteiger partial charge in [0.25, 0.3) is 0 Å². The van der Waals surface area contributed by atoms with Gasteiger partial charge in [0.1, 0.15) is 0 Å². The Morgan fingerprint density at radius 3 is 2.58 bits per heavy atom. The number of nitrogens with two attached hydrogens (primary N) is 1. The lowest BCUT2D eigenvalue weighted by atomic mass is 9.85. The van der Waals surface area contributed by atoms with Crippen LogP contribution in [0.1, 0.15) is 44.2 Å². The van der Waals surface area contributed by atoms with Gasteiger partial charge in [-0.2, -0.15) is 0 Å². The predicted molar refractivity (Wildman–Crippen MR) is 82.1 cm³/mol. The fraction of sp³-hybridized carbons (Fsp3) is 0.647. The summed E-state index contributed by atoms with van der Waals surface area (Å²) in [6.45, 7) is 9.14. The molecule has 1 heterocycles. The number of rotatable bonds is 4. The van der Waals surface area contributed by atoms with Gasteiger partial charge in [-0.15, -0.1) is 0 Å². The highest BCUT2D eigenvalue weighted by Crippen LogP contribution is 2.29. The second-order valence-electron chi connectivity index (χ2n) is 6.58. The topological polar surface area (TPSA) is 29.3 Å². The number of likely N-dealkylation sites (tertiary alicyclic amines) is 1. The zero-order chi connectivity index (χ0) is 13.7. The molecule has 1 saturated heterocycles. The zero-order valence-corrected chi connectivity index (χ0v) is 12.5. The highest BCUT2D eigenvalue weighted by Gasteiger charge is 2.22. The van der Waals surface area contributed by atoms with E-state index in [0.29, 0.717) is 12.0 Å². The summed E-state index contributed by atoms with van der Waals surface area (Å²) < 4.78 is 0. The van der Waals surface area contributed by atoms with Crippen molar-refractivity contribution in [3.8, 4) is 0 Å². The molecule has 0 unspecified atom stereocenters. The van der Waals surface area contributed by atoms with Crippen LogP contribution in [0.5, 0.6) is 0 Å². The molecule has 1 aliphatic rings. The predicted octanol–water partition coefficient (Wildman–Crippen LogP) is 3.20. The van der Waals surface area contributed by atoms with E-state index in [2.05, 4.69) is 43.0 Å². The van der Waals surface area contributed by atoms with Crippen LogP contribution in [-0.2, 0) is 13.0 Å². The van der Waals surface area contributed by atoms with Crippen molar-refractivity contribution in [2.75, 3.05) is 19.6 Å². The lowest BCUT2D eigenvalue weighted by Gasteiger charge is -2.23. The molecule has 0 amide bonds. The smallest absolute Gasteiger partial charge is 0.0180 e. The third-order valence-electron chi connectivity index (χ3n) is 4.47. The Kier molecular flexibility index (Phi) is 5.00. The maximum Gasteiger partial charge on any atom is 0.0180 e. The van der Waals surface area contributed by atoms with Gasteiger partial charge in [-0.25, -0.2) is 0 Å². The molecular formula is C17H28N2. The first-order valence-electron chi connectivity index (χ1n) is 7.60. The van der Waals surface area contributed by atoms with E-state index in [1.165, 1.54) is 50.0 Å². The van der Waals surface area contributed by atoms with E-state index in [-0.39, 0.29) is 0 Å². The van der Waals surface area contributed by atoms with Crippen LogP contribution in [0.25, 0.3) is 0 Å². The average Bonchev–Trinajstić information content (AvgIpc) is 2.58. The molecule has 0 bridgehead atoms. The molecule has 1 aromatic carbocycles. The van der Waals surface area contributed by atoms with Crippen molar-refractivity contribution in [2.24, 2.45) is 11.1 Å². The Morgan fingerprint density at radius 1 is 1.11 bits per heavy atom. The largest absolute Gasteiger partial charge is 0.326 e. The van der Waals surface area contributed by atoms with Crippen LogP contribution >= 0.6 is 0 Å². The summed E-state index contributed by atoms with van der Waals surface area (Å²) in [5.74, 6) is 0. The van der Waals surface area contributed by atoms with Crippen LogP contribution in [0.15, 0.2) is 24.3 Å². The van der Waals surface area contributed by atoms with Crippen molar-refractivity contribution in [2.45, 2.75) is 46.1 Å². The first kappa shape index (κ1) is 14.5. The van der Waals surface area contributed by atoms with Crippen LogP contribution in [0, 0.1) is 5.41 Å². The molecule has 0 aromatic heterocycles. The van der Waals surface area contributed by atoms with Gasteiger partial charge >= 0.3 is 0 Å². The minimum absolute atomic E-state index is 0.532. The first-order chi connectivity index (χ1) is 9.11. The van der Waals surface area contributed by atoms with Crippen molar-refractivity contribution in [1.82, 2.24) is 4.90 Å². The van der Waals surface area contributed by atoms with Crippen molar-refractivity contribution in [3.05, 3.63) is 35.4 Å². The van der Waals surface area contributed by atoms with E-state index in [4.69, 9.17) is 5.73 Å². The SMILES string of the molecule is CC1(C)CCCN(CCc2ccccc2CN)CC1. The average molecular weight is 260 g/mol. The van der Waals surface area contributed by atoms with Crippen molar-refractivity contribution in [3.63, 3.8) is 0 Å². The van der Waals surface area contributed by atoms with E-state index in [0.717, 1.165) is 6.42 Å². The Morgan fingerprint density at radius 2 is 1.84 bits per heavy atom. The fourth-order valence-electron chi connectivity index (χ4n) is 2.98. The minimum Gasteiger partial charge on any atom is -0.326 e. The molecule has 2 nitrogen and oxygen atoms in total. The van der Waals surface area contributed by atoms with Crippen LogP contribution in [0.4, 0.5) is 0 Å². The number of hydrogen-bond donors (Lipinski definition) is 1. The fourth-order valence-corrected chi connectivity index (χ4v) is 2.98. The van der Waals surface area contributed by atoms with Gasteiger partial charge in [0.15, 0.2) is 0 Å². The minimum atomic E-state index is 0.532. The third-order valence-corrected chi connectivity index (χ3v) is 4.47. The molecule has 0 atom stereocenters. The zero-order valence-electron chi connectivity index (χ0n) is 12.5. The van der Waals surface area contributed by atoms with Gasteiger partial charge < -0.3 is 10.6 Å². The summed E-state index contributed by atoms with van der Waals surface area (Å²) in [4.78, 5) is 2.63. The van der Waals surface area contributed by atoms with Crippen LogP contribution in [-0.4, -0.2) is 24.5 Å². The van der Waals surface area contributed by atoms with E-state index >= 15 is 0 Å². The Bertz CT molecular complexity index is 398. The molecule has 2 heteroatoms. The van der Waals surface area contributed by atoms with E-state index in [1.54, 1.807) is 0 Å². The first-order valence-corrected chi connectivity index (χ1v) is 7.60. The summed E-state index contributed by atoms with van der Waals surface area (Å²) in [7, 11) is 0. The van der Waals surface area contributed by atoms with Crippen LogP contribution in [0.2, 0.25) is 0 Å². The molecule has 0 aliphatic carbocycles. The van der Waals surface area contributed by atoms with Gasteiger partial charge in [0.05, 0.1) is 0 Å². The molecule has 106 valence electrons. The molecule has 2 rings (SSSR count). The second kappa shape index (κ2) is 6.53. The standard InChI is InChI=1S/C17H28N2/c1-17(2)9-5-11-19(13-10-17)12-8-15-6-3-4-7-16(15)14-18/h3-4,6-7H,5,8-14,18H2,1-2H3. The highest BCUT2D eigenvalue weighted by atomic mass is 15.1. The van der Waals surface area contributed by atoms with Gasteiger partial charge in [0, 0.05) is 13.1 Å². The molecular weight excluding hydrogens is 232 g/mol. The second-order valence-corrected chi connectivity index (χ2v) is 6.58. The van der Waals surface area contributed by atoms with Crippen LogP contribution in [0.3, 0.4) is 0 Å². The molecule has 1 aromatic rings. The Hall–Kier alpha value is -0.860. The molecule has 2 N–H and O–H groups in total. The van der Waals surface area contributed by atoms with Gasteiger partial charge in [0.2, 0.25) is 0 Å². The molecule has 1 fully saturated rings. The van der Waals surface area contributed by atoms with Gasteiger partial charge in [-0.05, 0) is 55.3 Å². The van der Waals surface area contributed by atoms with E-state index in [1.807, 2.05) is 0 Å². The highest BCUT2D eigenvalue weighted by molar-refractivity contribution is 5.27. The maximum absolute atomic E-state index is 5.81. The summed E-state index contributed by atoms with van der Waals surface area (Å²) in [5, 5.41) is 0. The summed E-state index contributed by atoms with van der Waals surface area (Å²) in [6.07, 6.45) is 5.16. The number of hydrogen-bond acceptors (Lipinski definition) is 2. The Balaban J connectivity index is 1.88. The van der Waals surface area contributed by atoms with Crippen molar-refractivity contribution in [1.29, 1.82) is 0 Å². The lowest BCUT2D eigenvalue weighted by Crippen LogP contribution is -2.28. The normalized spacial score (nSPS) is 20.2. The van der Waals surface area contributed by atoms with E-state index in [9.17, 15) is 0 Å². The quantitative estimate of drug-likeness (QED) is 0.901. The molecule has 0 radical (unpaired) electrons. The van der Waals surface area contributed by atoms with Crippen molar-refractivity contribution >= 4 is 0 Å². The Labute approximate surface area is 118 Å². The maximum atomic E-state index is 5.81. The summed E-state index contributed by atoms with van der Waals surface area (Å²) in [6, 6.07) is 8.59. The monoisotopic (exact) mass is 260 g/mol. The summed E-state index contributed by atoms with van der Waals surface area (Å²) >= 11 is 0. The lowest BCUT2D eigenvalue weighted by molar-refractivity contribution is 0.264. The summed E-state index contributed by atoms with van der Waals surface area (Å²) in [5.41, 5.74) is 9.07. The van der Waals surface area contributed by atoms with Crippen LogP contribution < -0.4 is 5.73 Å². The number of benzene rings is 1.